The van der Waals surface area contributed by atoms with E-state index in [1.54, 1.807) is 0 Å². The fraction of sp³-hybridized carbons (Fsp3) is 0.750. The number of morpholine rings is 1. The fourth-order valence-corrected chi connectivity index (χ4v) is 3.39. The van der Waals surface area contributed by atoms with Gasteiger partial charge < -0.3 is 15.0 Å². The molecule has 2 atom stereocenters. The quantitative estimate of drug-likeness (QED) is 0.842. The van der Waals surface area contributed by atoms with E-state index in [0.29, 0.717) is 12.1 Å². The Balaban J connectivity index is 1.71. The molecule has 0 aromatic carbocycles. The van der Waals surface area contributed by atoms with E-state index in [1.165, 1.54) is 25.7 Å². The van der Waals surface area contributed by atoms with Crippen molar-refractivity contribution in [3.63, 3.8) is 0 Å². The maximum atomic E-state index is 5.94. The van der Waals surface area contributed by atoms with Gasteiger partial charge in [-0.3, -0.25) is 4.98 Å². The van der Waals surface area contributed by atoms with Gasteiger partial charge in [0.25, 0.3) is 0 Å². The van der Waals surface area contributed by atoms with Crippen LogP contribution in [0.1, 0.15) is 44.7 Å². The smallest absolute Gasteiger partial charge is 0.147 e. The van der Waals surface area contributed by atoms with Crippen LogP contribution in [0, 0.1) is 0 Å². The molecule has 5 heteroatoms. The lowest BCUT2D eigenvalue weighted by Gasteiger charge is -2.44. The van der Waals surface area contributed by atoms with Crippen molar-refractivity contribution in [3.05, 3.63) is 18.1 Å². The van der Waals surface area contributed by atoms with E-state index in [4.69, 9.17) is 9.72 Å². The van der Waals surface area contributed by atoms with Gasteiger partial charge in [-0.2, -0.15) is 0 Å². The van der Waals surface area contributed by atoms with Gasteiger partial charge in [-0.1, -0.05) is 19.8 Å². The average Bonchev–Trinajstić information content (AvgIpc) is 2.55. The second-order valence-electron chi connectivity index (χ2n) is 6.00. The van der Waals surface area contributed by atoms with Crippen LogP contribution < -0.4 is 10.2 Å². The van der Waals surface area contributed by atoms with E-state index in [9.17, 15) is 0 Å². The largest absolute Gasteiger partial charge is 0.374 e. The van der Waals surface area contributed by atoms with Gasteiger partial charge in [0.05, 0.1) is 30.6 Å². The maximum absolute atomic E-state index is 5.94. The van der Waals surface area contributed by atoms with Crippen LogP contribution in [-0.2, 0) is 11.3 Å². The lowest BCUT2D eigenvalue weighted by atomic mass is 9.90. The molecule has 0 amide bonds. The molecular formula is C16H26N4O. The summed E-state index contributed by atoms with van der Waals surface area (Å²) < 4.78 is 5.94. The zero-order chi connectivity index (χ0) is 14.5. The molecule has 2 fully saturated rings. The lowest BCUT2D eigenvalue weighted by molar-refractivity contribution is -0.00902. The summed E-state index contributed by atoms with van der Waals surface area (Å²) in [5, 5.41) is 3.39. The molecule has 1 saturated heterocycles. The highest BCUT2D eigenvalue weighted by Gasteiger charge is 2.34. The molecule has 1 saturated carbocycles. The van der Waals surface area contributed by atoms with Crippen LogP contribution in [0.2, 0.25) is 0 Å². The minimum Gasteiger partial charge on any atom is -0.374 e. The number of nitrogens with zero attached hydrogens (tertiary/aromatic N) is 3. The minimum atomic E-state index is 0.385. The van der Waals surface area contributed by atoms with Crippen LogP contribution in [-0.4, -0.2) is 41.8 Å². The van der Waals surface area contributed by atoms with Crippen LogP contribution >= 0.6 is 0 Å². The summed E-state index contributed by atoms with van der Waals surface area (Å²) in [7, 11) is 0. The van der Waals surface area contributed by atoms with Gasteiger partial charge >= 0.3 is 0 Å². The first-order valence-corrected chi connectivity index (χ1v) is 8.28. The summed E-state index contributed by atoms with van der Waals surface area (Å²) in [6, 6.07) is 0.487. The molecule has 5 nitrogen and oxygen atoms in total. The monoisotopic (exact) mass is 290 g/mol. The van der Waals surface area contributed by atoms with Crippen molar-refractivity contribution < 1.29 is 4.74 Å². The summed E-state index contributed by atoms with van der Waals surface area (Å²) in [6.45, 7) is 5.73. The normalized spacial score (nSPS) is 25.7. The molecule has 2 heterocycles. The van der Waals surface area contributed by atoms with Crippen molar-refractivity contribution in [2.75, 3.05) is 24.6 Å². The van der Waals surface area contributed by atoms with Gasteiger partial charge in [-0.15, -0.1) is 0 Å². The van der Waals surface area contributed by atoms with Gasteiger partial charge in [-0.05, 0) is 25.8 Å². The molecule has 1 N–H and O–H groups in total. The third kappa shape index (κ3) is 3.52. The summed E-state index contributed by atoms with van der Waals surface area (Å²) in [6.07, 6.45) is 10.3. The van der Waals surface area contributed by atoms with E-state index >= 15 is 0 Å². The highest BCUT2D eigenvalue weighted by atomic mass is 16.5. The maximum Gasteiger partial charge on any atom is 0.147 e. The second-order valence-corrected chi connectivity index (χ2v) is 6.00. The van der Waals surface area contributed by atoms with Gasteiger partial charge in [0.1, 0.15) is 5.82 Å². The molecule has 0 spiro atoms. The highest BCUT2D eigenvalue weighted by molar-refractivity contribution is 5.39. The molecule has 3 rings (SSSR count). The predicted molar refractivity (Wildman–Crippen MR) is 83.4 cm³/mol. The number of ether oxygens (including phenoxy) is 1. The van der Waals surface area contributed by atoms with E-state index in [2.05, 4.69) is 22.1 Å². The number of hydrogen-bond donors (Lipinski definition) is 1. The standard InChI is InChI=1S/C16H26N4O/c1-2-7-17-10-13-11-18-12-16(19-13)20-8-9-21-15-6-4-3-5-14(15)20/h11-12,14-15,17H,2-10H2,1H3. The number of anilines is 1. The Labute approximate surface area is 127 Å². The predicted octanol–water partition coefficient (Wildman–Crippen LogP) is 2.12. The topological polar surface area (TPSA) is 50.3 Å². The van der Waals surface area contributed by atoms with Crippen molar-refractivity contribution >= 4 is 5.82 Å². The fourth-order valence-electron chi connectivity index (χ4n) is 3.39. The Hall–Kier alpha value is -1.20. The van der Waals surface area contributed by atoms with Crippen LogP contribution in [0.15, 0.2) is 12.4 Å². The summed E-state index contributed by atoms with van der Waals surface area (Å²) >= 11 is 0. The molecule has 1 aliphatic carbocycles. The van der Waals surface area contributed by atoms with Gasteiger partial charge in [-0.25, -0.2) is 4.98 Å². The van der Waals surface area contributed by atoms with Crippen molar-refractivity contribution in [2.45, 2.75) is 57.7 Å². The molecule has 21 heavy (non-hydrogen) atoms. The third-order valence-corrected chi connectivity index (χ3v) is 4.43. The van der Waals surface area contributed by atoms with Crippen LogP contribution in [0.25, 0.3) is 0 Å². The SMILES string of the molecule is CCCNCc1cncc(N2CCOC3CCCCC32)n1. The van der Waals surface area contributed by atoms with E-state index in [1.807, 2.05) is 12.4 Å². The third-order valence-electron chi connectivity index (χ3n) is 4.43. The lowest BCUT2D eigenvalue weighted by Crippen LogP contribution is -2.53. The summed E-state index contributed by atoms with van der Waals surface area (Å²) in [4.78, 5) is 11.6. The Bertz CT molecular complexity index is 452. The van der Waals surface area contributed by atoms with Crippen LogP contribution in [0.5, 0.6) is 0 Å². The van der Waals surface area contributed by atoms with E-state index in [-0.39, 0.29) is 0 Å². The Kier molecular flexibility index (Phi) is 5.04. The van der Waals surface area contributed by atoms with E-state index in [0.717, 1.165) is 44.2 Å². The molecule has 2 aliphatic rings. The first-order chi connectivity index (χ1) is 10.4. The molecular weight excluding hydrogens is 264 g/mol. The summed E-state index contributed by atoms with van der Waals surface area (Å²) in [5.74, 6) is 1.02. The van der Waals surface area contributed by atoms with Gasteiger partial charge in [0, 0.05) is 19.3 Å². The molecule has 2 unspecified atom stereocenters. The Morgan fingerprint density at radius 3 is 3.14 bits per heavy atom. The number of nitrogens with one attached hydrogen (secondary N) is 1. The molecule has 1 aromatic heterocycles. The number of aromatic nitrogens is 2. The van der Waals surface area contributed by atoms with Gasteiger partial charge in [0.15, 0.2) is 0 Å². The Morgan fingerprint density at radius 2 is 2.24 bits per heavy atom. The molecule has 0 radical (unpaired) electrons. The molecule has 0 bridgehead atoms. The van der Waals surface area contributed by atoms with Crippen LogP contribution in [0.4, 0.5) is 5.82 Å². The Morgan fingerprint density at radius 1 is 1.33 bits per heavy atom. The van der Waals surface area contributed by atoms with Gasteiger partial charge in [0.2, 0.25) is 0 Å². The van der Waals surface area contributed by atoms with Crippen molar-refractivity contribution in [1.82, 2.24) is 15.3 Å². The zero-order valence-corrected chi connectivity index (χ0v) is 12.9. The highest BCUT2D eigenvalue weighted by Crippen LogP contribution is 2.30. The molecule has 1 aliphatic heterocycles. The summed E-state index contributed by atoms with van der Waals surface area (Å²) in [5.41, 5.74) is 1.03. The molecule has 1 aromatic rings. The molecule has 116 valence electrons. The first-order valence-electron chi connectivity index (χ1n) is 8.28. The number of fused-ring (bicyclic) bond motifs is 1. The van der Waals surface area contributed by atoms with E-state index < -0.39 is 0 Å². The zero-order valence-electron chi connectivity index (χ0n) is 12.9. The average molecular weight is 290 g/mol. The first kappa shape index (κ1) is 14.7. The second kappa shape index (κ2) is 7.18. The van der Waals surface area contributed by atoms with Crippen molar-refractivity contribution in [2.24, 2.45) is 0 Å². The number of hydrogen-bond acceptors (Lipinski definition) is 5. The minimum absolute atomic E-state index is 0.385. The number of rotatable bonds is 5. The van der Waals surface area contributed by atoms with Crippen molar-refractivity contribution in [1.29, 1.82) is 0 Å². The van der Waals surface area contributed by atoms with Crippen LogP contribution in [0.3, 0.4) is 0 Å². The van der Waals surface area contributed by atoms with Crippen molar-refractivity contribution in [3.8, 4) is 0 Å².